The molecule has 0 amide bonds. The van der Waals surface area contributed by atoms with Crippen molar-refractivity contribution in [3.63, 3.8) is 0 Å². The van der Waals surface area contributed by atoms with Gasteiger partial charge in [0.25, 0.3) is 0 Å². The smallest absolute Gasteiger partial charge is 0.333 e. The Kier molecular flexibility index (Phi) is 11.1. The highest BCUT2D eigenvalue weighted by molar-refractivity contribution is 9.10. The standard InChI is InChI=1S/C16H27BrO6/c1-12(2)14(18)23-13(11-22-20-5)9-7-6-8-10-21-15(19)16(3,4)17/h13H,1,6-11H2,2-5H3. The highest BCUT2D eigenvalue weighted by atomic mass is 79.9. The van der Waals surface area contributed by atoms with Crippen molar-refractivity contribution in [2.45, 2.75) is 56.9 Å². The monoisotopic (exact) mass is 394 g/mol. The molecule has 0 aliphatic rings. The van der Waals surface area contributed by atoms with E-state index in [1.807, 2.05) is 0 Å². The van der Waals surface area contributed by atoms with Gasteiger partial charge in [0.1, 0.15) is 17.0 Å². The molecular weight excluding hydrogens is 368 g/mol. The van der Waals surface area contributed by atoms with Crippen LogP contribution in [0.4, 0.5) is 0 Å². The van der Waals surface area contributed by atoms with E-state index in [-0.39, 0.29) is 18.7 Å². The van der Waals surface area contributed by atoms with Crippen molar-refractivity contribution in [1.29, 1.82) is 0 Å². The van der Waals surface area contributed by atoms with Crippen LogP contribution in [-0.2, 0) is 28.8 Å². The summed E-state index contributed by atoms with van der Waals surface area (Å²) >= 11 is 3.25. The predicted octanol–water partition coefficient (Wildman–Crippen LogP) is 3.33. The Bertz CT molecular complexity index is 389. The van der Waals surface area contributed by atoms with Gasteiger partial charge in [-0.15, -0.1) is 0 Å². The molecule has 134 valence electrons. The molecule has 0 saturated carbocycles. The third-order valence-electron chi connectivity index (χ3n) is 2.88. The van der Waals surface area contributed by atoms with Gasteiger partial charge in [-0.1, -0.05) is 22.5 Å². The summed E-state index contributed by atoms with van der Waals surface area (Å²) in [5.41, 5.74) is 0.344. The van der Waals surface area contributed by atoms with Gasteiger partial charge in [0.05, 0.1) is 13.7 Å². The maximum absolute atomic E-state index is 11.5. The summed E-state index contributed by atoms with van der Waals surface area (Å²) in [7, 11) is 1.40. The first kappa shape index (κ1) is 22.1. The molecule has 0 aliphatic heterocycles. The van der Waals surface area contributed by atoms with Crippen LogP contribution >= 0.6 is 15.9 Å². The summed E-state index contributed by atoms with van der Waals surface area (Å²) in [6.45, 7) is 9.17. The van der Waals surface area contributed by atoms with E-state index in [0.29, 0.717) is 18.6 Å². The van der Waals surface area contributed by atoms with Gasteiger partial charge in [-0.25, -0.2) is 14.6 Å². The minimum Gasteiger partial charge on any atom is -0.465 e. The molecule has 0 N–H and O–H groups in total. The minimum absolute atomic E-state index is 0.169. The molecule has 0 saturated heterocycles. The number of hydrogen-bond acceptors (Lipinski definition) is 6. The summed E-state index contributed by atoms with van der Waals surface area (Å²) in [6.07, 6.45) is 2.67. The third-order valence-corrected chi connectivity index (χ3v) is 3.21. The Morgan fingerprint density at radius 2 is 1.87 bits per heavy atom. The van der Waals surface area contributed by atoms with Crippen molar-refractivity contribution in [3.8, 4) is 0 Å². The Balaban J connectivity index is 3.96. The SMILES string of the molecule is C=C(C)C(=O)OC(CCCCCOC(=O)C(C)(C)Br)COOC. The van der Waals surface area contributed by atoms with Crippen LogP contribution in [0.3, 0.4) is 0 Å². The van der Waals surface area contributed by atoms with Crippen LogP contribution in [0.25, 0.3) is 0 Å². The van der Waals surface area contributed by atoms with Gasteiger partial charge in [-0.05, 0) is 46.5 Å². The lowest BCUT2D eigenvalue weighted by Crippen LogP contribution is -2.27. The molecule has 6 nitrogen and oxygen atoms in total. The largest absolute Gasteiger partial charge is 0.465 e. The van der Waals surface area contributed by atoms with Crippen LogP contribution in [0, 0.1) is 0 Å². The van der Waals surface area contributed by atoms with Crippen molar-refractivity contribution < 1.29 is 28.8 Å². The maximum Gasteiger partial charge on any atom is 0.333 e. The first-order chi connectivity index (χ1) is 10.7. The zero-order valence-electron chi connectivity index (χ0n) is 14.4. The average Bonchev–Trinajstić information content (AvgIpc) is 2.46. The number of esters is 2. The van der Waals surface area contributed by atoms with Gasteiger partial charge in [0, 0.05) is 5.57 Å². The predicted molar refractivity (Wildman–Crippen MR) is 90.1 cm³/mol. The van der Waals surface area contributed by atoms with Crippen LogP contribution in [-0.4, -0.2) is 42.7 Å². The number of rotatable bonds is 12. The second kappa shape index (κ2) is 11.6. The summed E-state index contributed by atoms with van der Waals surface area (Å²) in [4.78, 5) is 32.5. The van der Waals surface area contributed by atoms with Gasteiger partial charge in [-0.2, -0.15) is 0 Å². The molecule has 1 unspecified atom stereocenters. The molecule has 0 aliphatic carbocycles. The minimum atomic E-state index is -0.660. The van der Waals surface area contributed by atoms with E-state index in [1.165, 1.54) is 7.11 Å². The van der Waals surface area contributed by atoms with E-state index in [4.69, 9.17) is 14.4 Å². The topological polar surface area (TPSA) is 71.1 Å². The summed E-state index contributed by atoms with van der Waals surface area (Å²) in [5, 5.41) is 0. The lowest BCUT2D eigenvalue weighted by molar-refractivity contribution is -0.285. The fourth-order valence-electron chi connectivity index (χ4n) is 1.56. The normalized spacial score (nSPS) is 12.6. The van der Waals surface area contributed by atoms with Gasteiger partial charge in [0.15, 0.2) is 0 Å². The van der Waals surface area contributed by atoms with Gasteiger partial charge >= 0.3 is 11.9 Å². The van der Waals surface area contributed by atoms with Crippen LogP contribution in [0.1, 0.15) is 46.5 Å². The van der Waals surface area contributed by atoms with E-state index in [9.17, 15) is 9.59 Å². The molecule has 0 aromatic carbocycles. The Morgan fingerprint density at radius 3 is 2.39 bits per heavy atom. The second-order valence-electron chi connectivity index (χ2n) is 5.72. The molecule has 0 rings (SSSR count). The van der Waals surface area contributed by atoms with Crippen molar-refractivity contribution in [2.24, 2.45) is 0 Å². The molecule has 0 radical (unpaired) electrons. The fourth-order valence-corrected chi connectivity index (χ4v) is 1.67. The number of halogens is 1. The zero-order valence-corrected chi connectivity index (χ0v) is 15.9. The van der Waals surface area contributed by atoms with Crippen LogP contribution in [0.5, 0.6) is 0 Å². The van der Waals surface area contributed by atoms with Crippen molar-refractivity contribution in [1.82, 2.24) is 0 Å². The summed E-state index contributed by atoms with van der Waals surface area (Å²) in [6, 6.07) is 0. The molecule has 0 aromatic rings. The van der Waals surface area contributed by atoms with Crippen LogP contribution in [0.15, 0.2) is 12.2 Å². The molecule has 0 bridgehead atoms. The van der Waals surface area contributed by atoms with E-state index in [0.717, 1.165) is 19.3 Å². The quantitative estimate of drug-likeness (QED) is 0.126. The zero-order chi connectivity index (χ0) is 17.9. The fraction of sp³-hybridized carbons (Fsp3) is 0.750. The van der Waals surface area contributed by atoms with E-state index in [2.05, 4.69) is 27.4 Å². The molecule has 1 atom stereocenters. The highest BCUT2D eigenvalue weighted by Crippen LogP contribution is 2.18. The molecule has 0 heterocycles. The van der Waals surface area contributed by atoms with Gasteiger partial charge < -0.3 is 9.47 Å². The van der Waals surface area contributed by atoms with Crippen molar-refractivity contribution in [2.75, 3.05) is 20.3 Å². The van der Waals surface area contributed by atoms with Gasteiger partial charge in [-0.3, -0.25) is 4.79 Å². The van der Waals surface area contributed by atoms with Crippen LogP contribution < -0.4 is 0 Å². The van der Waals surface area contributed by atoms with Crippen molar-refractivity contribution >= 4 is 27.9 Å². The highest BCUT2D eigenvalue weighted by Gasteiger charge is 2.25. The molecule has 0 spiro atoms. The Labute approximate surface area is 146 Å². The lowest BCUT2D eigenvalue weighted by atomic mass is 10.1. The van der Waals surface area contributed by atoms with Crippen molar-refractivity contribution in [3.05, 3.63) is 12.2 Å². The molecule has 23 heavy (non-hydrogen) atoms. The lowest BCUT2D eigenvalue weighted by Gasteiger charge is -2.17. The molecule has 0 fully saturated rings. The van der Waals surface area contributed by atoms with Crippen LogP contribution in [0.2, 0.25) is 0 Å². The van der Waals surface area contributed by atoms with E-state index in [1.54, 1.807) is 20.8 Å². The summed E-state index contributed by atoms with van der Waals surface area (Å²) in [5.74, 6) is -0.720. The number of carbonyl (C=O) groups is 2. The number of ether oxygens (including phenoxy) is 2. The number of unbranched alkanes of at least 4 members (excludes halogenated alkanes) is 2. The number of alkyl halides is 1. The second-order valence-corrected chi connectivity index (χ2v) is 7.70. The Hall–Kier alpha value is -0.920. The first-order valence-corrected chi connectivity index (χ1v) is 8.36. The van der Waals surface area contributed by atoms with Gasteiger partial charge in [0.2, 0.25) is 0 Å². The first-order valence-electron chi connectivity index (χ1n) is 7.56. The maximum atomic E-state index is 11.5. The average molecular weight is 395 g/mol. The molecule has 0 aromatic heterocycles. The Morgan fingerprint density at radius 1 is 1.22 bits per heavy atom. The van der Waals surface area contributed by atoms with E-state index < -0.39 is 10.3 Å². The number of carbonyl (C=O) groups excluding carboxylic acids is 2. The van der Waals surface area contributed by atoms with E-state index >= 15 is 0 Å². The molecule has 7 heteroatoms. The molecular formula is C16H27BrO6. The third kappa shape index (κ3) is 11.3. The summed E-state index contributed by atoms with van der Waals surface area (Å²) < 4.78 is 9.76. The number of hydrogen-bond donors (Lipinski definition) is 0.